The predicted molar refractivity (Wildman–Crippen MR) is 188 cm³/mol. The zero-order chi connectivity index (χ0) is 32.1. The van der Waals surface area contributed by atoms with Crippen LogP contribution in [0.4, 0.5) is 0 Å². The molecular formula is C40H72O4. The van der Waals surface area contributed by atoms with Crippen molar-refractivity contribution in [2.45, 2.75) is 206 Å². The molecule has 0 saturated carbocycles. The molecular weight excluding hydrogens is 544 g/mol. The third kappa shape index (κ3) is 21.5. The predicted octanol–water partition coefficient (Wildman–Crippen LogP) is 11.5. The summed E-state index contributed by atoms with van der Waals surface area (Å²) in [6.07, 6.45) is 36.7. The zero-order valence-corrected chi connectivity index (χ0v) is 29.3. The van der Waals surface area contributed by atoms with Crippen molar-refractivity contribution in [1.29, 1.82) is 0 Å². The van der Waals surface area contributed by atoms with Crippen molar-refractivity contribution in [2.24, 2.45) is 0 Å². The lowest BCUT2D eigenvalue weighted by Crippen LogP contribution is -2.09. The molecule has 0 heterocycles. The van der Waals surface area contributed by atoms with E-state index >= 15 is 0 Å². The number of aliphatic hydroxyl groups excluding tert-OH is 2. The zero-order valence-electron chi connectivity index (χ0n) is 29.3. The molecule has 44 heavy (non-hydrogen) atoms. The molecule has 4 heteroatoms. The van der Waals surface area contributed by atoms with Crippen molar-refractivity contribution in [3.63, 3.8) is 0 Å². The molecule has 0 aliphatic heterocycles. The number of rotatable bonds is 26. The summed E-state index contributed by atoms with van der Waals surface area (Å²) in [5.41, 5.74) is 5.04. The first-order chi connectivity index (χ1) is 21.5. The van der Waals surface area contributed by atoms with E-state index < -0.39 is 0 Å². The third-order valence-electron chi connectivity index (χ3n) is 9.94. The molecule has 0 unspecified atom stereocenters. The number of allylic oxidation sites excluding steroid dienone is 4. The molecule has 0 atom stereocenters. The first-order valence-corrected chi connectivity index (χ1v) is 19.2. The van der Waals surface area contributed by atoms with Gasteiger partial charge in [0.05, 0.1) is 0 Å². The minimum atomic E-state index is 0.352. The van der Waals surface area contributed by atoms with Crippen LogP contribution in [0.1, 0.15) is 206 Å². The smallest absolute Gasteiger partial charge is 0.158 e. The van der Waals surface area contributed by atoms with E-state index in [1.54, 1.807) is 0 Å². The Morgan fingerprint density at radius 3 is 0.909 bits per heavy atom. The first kappa shape index (κ1) is 40.8. The number of carbonyl (C=O) groups excluding carboxylic acids is 2. The second-order valence-corrected chi connectivity index (χ2v) is 13.7. The maximum Gasteiger partial charge on any atom is 0.158 e. The Labute approximate surface area is 272 Å². The number of unbranched alkanes of at least 4 members (excludes halogenated alkanes) is 20. The summed E-state index contributed by atoms with van der Waals surface area (Å²) in [6, 6.07) is 0. The van der Waals surface area contributed by atoms with Gasteiger partial charge in [-0.25, -0.2) is 0 Å². The molecule has 0 bridgehead atoms. The van der Waals surface area contributed by atoms with Gasteiger partial charge in [0.1, 0.15) is 0 Å². The van der Waals surface area contributed by atoms with E-state index in [-0.39, 0.29) is 0 Å². The molecule has 0 saturated heterocycles. The normalized spacial score (nSPS) is 15.6. The van der Waals surface area contributed by atoms with Gasteiger partial charge in [-0.3, -0.25) is 9.59 Å². The summed E-state index contributed by atoms with van der Waals surface area (Å²) in [5, 5.41) is 17.4. The fraction of sp³-hybridized carbons (Fsp3) is 0.850. The molecule has 0 fully saturated rings. The third-order valence-corrected chi connectivity index (χ3v) is 9.94. The summed E-state index contributed by atoms with van der Waals surface area (Å²) in [4.78, 5) is 23.3. The average Bonchev–Trinajstić information content (AvgIpc) is 3.02. The van der Waals surface area contributed by atoms with Crippen LogP contribution in [0.3, 0.4) is 0 Å². The van der Waals surface area contributed by atoms with E-state index in [0.717, 1.165) is 75.4 Å². The van der Waals surface area contributed by atoms with Gasteiger partial charge in [0.25, 0.3) is 0 Å². The Hall–Kier alpha value is -1.26. The topological polar surface area (TPSA) is 74.6 Å². The molecule has 0 aromatic carbocycles. The van der Waals surface area contributed by atoms with E-state index in [0.29, 0.717) is 24.8 Å². The van der Waals surface area contributed by atoms with Crippen molar-refractivity contribution >= 4 is 11.6 Å². The Morgan fingerprint density at radius 1 is 0.386 bits per heavy atom. The van der Waals surface area contributed by atoms with Crippen molar-refractivity contribution in [2.75, 3.05) is 13.2 Å². The maximum absolute atomic E-state index is 11.7. The van der Waals surface area contributed by atoms with Crippen LogP contribution < -0.4 is 0 Å². The van der Waals surface area contributed by atoms with E-state index in [1.807, 2.05) is 13.8 Å². The summed E-state index contributed by atoms with van der Waals surface area (Å²) in [7, 11) is 0. The molecule has 0 aromatic heterocycles. The highest BCUT2D eigenvalue weighted by Gasteiger charge is 2.16. The van der Waals surface area contributed by atoms with E-state index in [1.165, 1.54) is 140 Å². The molecule has 2 aliphatic carbocycles. The van der Waals surface area contributed by atoms with Gasteiger partial charge < -0.3 is 10.2 Å². The molecule has 2 N–H and O–H groups in total. The number of aliphatic hydroxyl groups is 2. The SMILES string of the molecule is CC1=C(CCCCCCCCCCCCCO)CCCC1=O.CC1=C(CCCCCCCCCCCCCO)CCCC1=O. The van der Waals surface area contributed by atoms with Crippen LogP contribution in [0.2, 0.25) is 0 Å². The summed E-state index contributed by atoms with van der Waals surface area (Å²) < 4.78 is 0. The van der Waals surface area contributed by atoms with Crippen molar-refractivity contribution < 1.29 is 19.8 Å². The molecule has 0 spiro atoms. The van der Waals surface area contributed by atoms with Gasteiger partial charge in [0.15, 0.2) is 11.6 Å². The standard InChI is InChI=1S/2C20H36O2/c2*1-18-19(15-13-16-20(18)22)14-11-9-7-5-3-2-4-6-8-10-12-17-21/h2*21H,2-17H2,1H3. The highest BCUT2D eigenvalue weighted by atomic mass is 16.3. The summed E-state index contributed by atoms with van der Waals surface area (Å²) in [6.45, 7) is 4.75. The highest BCUT2D eigenvalue weighted by molar-refractivity contribution is 5.96. The minimum absolute atomic E-state index is 0.352. The van der Waals surface area contributed by atoms with E-state index in [4.69, 9.17) is 10.2 Å². The second-order valence-electron chi connectivity index (χ2n) is 13.7. The summed E-state index contributed by atoms with van der Waals surface area (Å²) in [5.74, 6) is 0.778. The van der Waals surface area contributed by atoms with Gasteiger partial charge in [0, 0.05) is 26.1 Å². The fourth-order valence-corrected chi connectivity index (χ4v) is 6.78. The molecule has 0 radical (unpaired) electrons. The maximum atomic E-state index is 11.7. The van der Waals surface area contributed by atoms with Gasteiger partial charge >= 0.3 is 0 Å². The van der Waals surface area contributed by atoms with Crippen LogP contribution >= 0.6 is 0 Å². The Morgan fingerprint density at radius 2 is 0.636 bits per heavy atom. The van der Waals surface area contributed by atoms with Crippen molar-refractivity contribution in [1.82, 2.24) is 0 Å². The molecule has 0 amide bonds. The monoisotopic (exact) mass is 617 g/mol. The Kier molecular flexibility index (Phi) is 27.0. The lowest BCUT2D eigenvalue weighted by Gasteiger charge is -2.16. The van der Waals surface area contributed by atoms with E-state index in [9.17, 15) is 9.59 Å². The lowest BCUT2D eigenvalue weighted by atomic mass is 9.88. The number of ketones is 2. The van der Waals surface area contributed by atoms with Crippen LogP contribution in [-0.2, 0) is 9.59 Å². The van der Waals surface area contributed by atoms with Crippen LogP contribution in [0.25, 0.3) is 0 Å². The van der Waals surface area contributed by atoms with Gasteiger partial charge in [-0.15, -0.1) is 0 Å². The minimum Gasteiger partial charge on any atom is -0.396 e. The van der Waals surface area contributed by atoms with Crippen molar-refractivity contribution in [3.05, 3.63) is 22.3 Å². The summed E-state index contributed by atoms with van der Waals surface area (Å²) >= 11 is 0. The highest BCUT2D eigenvalue weighted by Crippen LogP contribution is 2.27. The lowest BCUT2D eigenvalue weighted by molar-refractivity contribution is -0.116. The molecule has 256 valence electrons. The molecule has 2 aliphatic rings. The number of carbonyl (C=O) groups is 2. The second kappa shape index (κ2) is 29.2. The molecule has 4 nitrogen and oxygen atoms in total. The number of hydrogen-bond donors (Lipinski definition) is 2. The van der Waals surface area contributed by atoms with Crippen LogP contribution in [0, 0.1) is 0 Å². The van der Waals surface area contributed by atoms with Crippen molar-refractivity contribution in [3.8, 4) is 0 Å². The largest absolute Gasteiger partial charge is 0.396 e. The van der Waals surface area contributed by atoms with Gasteiger partial charge in [-0.05, 0) is 89.2 Å². The Balaban J connectivity index is 0.000000440. The average molecular weight is 617 g/mol. The fourth-order valence-electron chi connectivity index (χ4n) is 6.78. The number of Topliss-reactive ketones (excluding diaryl/α,β-unsaturated/α-hetero) is 2. The van der Waals surface area contributed by atoms with Crippen LogP contribution in [0.15, 0.2) is 22.3 Å². The molecule has 0 aromatic rings. The van der Waals surface area contributed by atoms with Crippen LogP contribution in [-0.4, -0.2) is 35.0 Å². The quantitative estimate of drug-likeness (QED) is 0.0948. The van der Waals surface area contributed by atoms with Gasteiger partial charge in [0.2, 0.25) is 0 Å². The first-order valence-electron chi connectivity index (χ1n) is 19.2. The Bertz CT molecular complexity index is 727. The van der Waals surface area contributed by atoms with Crippen LogP contribution in [0.5, 0.6) is 0 Å². The number of hydrogen-bond acceptors (Lipinski definition) is 4. The van der Waals surface area contributed by atoms with Gasteiger partial charge in [-0.1, -0.05) is 127 Å². The van der Waals surface area contributed by atoms with E-state index in [2.05, 4.69) is 0 Å². The molecule has 2 rings (SSSR count). The van der Waals surface area contributed by atoms with Gasteiger partial charge in [-0.2, -0.15) is 0 Å².